The Morgan fingerprint density at radius 2 is 2.15 bits per heavy atom. The molecular formula is C21H24ClN3O2. The van der Waals surface area contributed by atoms with E-state index in [1.807, 2.05) is 18.2 Å². The highest BCUT2D eigenvalue weighted by Crippen LogP contribution is 2.28. The van der Waals surface area contributed by atoms with Gasteiger partial charge in [-0.3, -0.25) is 14.6 Å². The molecule has 1 aromatic carbocycles. The van der Waals surface area contributed by atoms with E-state index in [0.717, 1.165) is 44.2 Å². The highest BCUT2D eigenvalue weighted by Gasteiger charge is 2.24. The largest absolute Gasteiger partial charge is 0.348 e. The highest BCUT2D eigenvalue weighted by molar-refractivity contribution is 6.30. The van der Waals surface area contributed by atoms with Crippen molar-refractivity contribution in [1.82, 2.24) is 10.3 Å². The van der Waals surface area contributed by atoms with Crippen LogP contribution in [0.2, 0.25) is 5.02 Å². The number of rotatable bonds is 7. The summed E-state index contributed by atoms with van der Waals surface area (Å²) in [7, 11) is 0. The second-order valence-corrected chi connectivity index (χ2v) is 7.42. The highest BCUT2D eigenvalue weighted by atomic mass is 35.5. The first-order valence-corrected chi connectivity index (χ1v) is 9.73. The lowest BCUT2D eigenvalue weighted by Crippen LogP contribution is -2.39. The monoisotopic (exact) mass is 385 g/mol. The molecule has 0 aliphatic heterocycles. The van der Waals surface area contributed by atoms with Gasteiger partial charge >= 0.3 is 0 Å². The van der Waals surface area contributed by atoms with Crippen LogP contribution in [0, 0.1) is 5.92 Å². The molecule has 27 heavy (non-hydrogen) atoms. The van der Waals surface area contributed by atoms with Crippen LogP contribution in [0.5, 0.6) is 0 Å². The van der Waals surface area contributed by atoms with Crippen molar-refractivity contribution in [3.63, 3.8) is 0 Å². The van der Waals surface area contributed by atoms with Gasteiger partial charge in [0.1, 0.15) is 5.69 Å². The fraction of sp³-hybridized carbons (Fsp3) is 0.381. The molecule has 0 radical (unpaired) electrons. The Kier molecular flexibility index (Phi) is 6.82. The van der Waals surface area contributed by atoms with Crippen LogP contribution in [-0.2, 0) is 4.79 Å². The van der Waals surface area contributed by atoms with Gasteiger partial charge in [-0.1, -0.05) is 36.6 Å². The Bertz CT molecular complexity index is 769. The topological polar surface area (TPSA) is 62.3 Å². The zero-order valence-corrected chi connectivity index (χ0v) is 15.9. The number of nitrogens with zero attached hydrogens (tertiary/aromatic N) is 2. The van der Waals surface area contributed by atoms with Gasteiger partial charge in [-0.25, -0.2) is 0 Å². The number of nitrogens with one attached hydrogen (secondary N) is 1. The van der Waals surface area contributed by atoms with Crippen molar-refractivity contribution < 1.29 is 9.59 Å². The van der Waals surface area contributed by atoms with Crippen molar-refractivity contribution in [2.75, 3.05) is 11.4 Å². The summed E-state index contributed by atoms with van der Waals surface area (Å²) in [6, 6.07) is 12.8. The lowest BCUT2D eigenvalue weighted by Gasteiger charge is -2.31. The summed E-state index contributed by atoms with van der Waals surface area (Å²) in [6.45, 7) is 0.648. The van der Waals surface area contributed by atoms with Gasteiger partial charge in [0.25, 0.3) is 5.91 Å². The molecule has 1 aliphatic rings. The van der Waals surface area contributed by atoms with Crippen LogP contribution in [0.3, 0.4) is 0 Å². The molecule has 1 aliphatic carbocycles. The summed E-state index contributed by atoms with van der Waals surface area (Å²) in [5.41, 5.74) is 1.26. The number of hydrogen-bond donors (Lipinski definition) is 1. The minimum Gasteiger partial charge on any atom is -0.348 e. The first-order chi connectivity index (χ1) is 13.2. The molecule has 0 spiro atoms. The van der Waals surface area contributed by atoms with Crippen LogP contribution in [0.15, 0.2) is 48.7 Å². The molecule has 3 rings (SSSR count). The third kappa shape index (κ3) is 5.54. The Hall–Kier alpha value is -2.40. The van der Waals surface area contributed by atoms with E-state index in [2.05, 4.69) is 10.3 Å². The van der Waals surface area contributed by atoms with Crippen LogP contribution in [0.4, 0.5) is 5.69 Å². The van der Waals surface area contributed by atoms with Crippen LogP contribution < -0.4 is 10.2 Å². The molecule has 1 fully saturated rings. The fourth-order valence-electron chi connectivity index (χ4n) is 3.66. The van der Waals surface area contributed by atoms with Crippen molar-refractivity contribution in [3.05, 3.63) is 59.4 Å². The SMILES string of the molecule is O=CN(CCC1CCCC(NC(=O)c2ccccn2)C1)c1cccc(Cl)c1. The molecule has 2 aromatic rings. The molecule has 0 bridgehead atoms. The zero-order valence-electron chi connectivity index (χ0n) is 15.2. The maximum absolute atomic E-state index is 12.3. The minimum atomic E-state index is -0.116. The van der Waals surface area contributed by atoms with Crippen molar-refractivity contribution in [3.8, 4) is 0 Å². The Labute approximate surface area is 164 Å². The van der Waals surface area contributed by atoms with Gasteiger partial charge < -0.3 is 10.2 Å². The second kappa shape index (κ2) is 9.51. The number of amides is 2. The van der Waals surface area contributed by atoms with Gasteiger partial charge in [0, 0.05) is 29.5 Å². The maximum Gasteiger partial charge on any atom is 0.270 e. The Morgan fingerprint density at radius 3 is 2.89 bits per heavy atom. The quantitative estimate of drug-likeness (QED) is 0.730. The van der Waals surface area contributed by atoms with Gasteiger partial charge in [-0.05, 0) is 55.5 Å². The molecule has 2 atom stereocenters. The third-order valence-electron chi connectivity index (χ3n) is 5.06. The number of carbonyl (C=O) groups excluding carboxylic acids is 2. The summed E-state index contributed by atoms with van der Waals surface area (Å²) in [4.78, 5) is 29.6. The number of anilines is 1. The molecule has 142 valence electrons. The van der Waals surface area contributed by atoms with Gasteiger partial charge in [0.05, 0.1) is 0 Å². The summed E-state index contributed by atoms with van der Waals surface area (Å²) in [6.07, 6.45) is 7.51. The molecule has 2 amide bonds. The van der Waals surface area contributed by atoms with Crippen LogP contribution in [-0.4, -0.2) is 29.9 Å². The smallest absolute Gasteiger partial charge is 0.270 e. The third-order valence-corrected chi connectivity index (χ3v) is 5.30. The minimum absolute atomic E-state index is 0.116. The molecular weight excluding hydrogens is 362 g/mol. The van der Waals surface area contributed by atoms with E-state index >= 15 is 0 Å². The number of aromatic nitrogens is 1. The molecule has 1 heterocycles. The average molecular weight is 386 g/mol. The van der Waals surface area contributed by atoms with E-state index in [4.69, 9.17) is 11.6 Å². The predicted molar refractivity (Wildman–Crippen MR) is 107 cm³/mol. The first-order valence-electron chi connectivity index (χ1n) is 9.35. The zero-order chi connectivity index (χ0) is 19.1. The lowest BCUT2D eigenvalue weighted by atomic mass is 9.83. The normalized spacial score (nSPS) is 19.3. The number of benzene rings is 1. The second-order valence-electron chi connectivity index (χ2n) is 6.99. The standard InChI is InChI=1S/C21H24ClN3O2/c22-17-6-4-8-19(14-17)25(15-26)12-10-16-5-3-7-18(13-16)24-21(27)20-9-1-2-11-23-20/h1-2,4,6,8-9,11,14-16,18H,3,5,7,10,12-13H2,(H,24,27). The van der Waals surface area contributed by atoms with Crippen LogP contribution in [0.25, 0.3) is 0 Å². The van der Waals surface area contributed by atoms with Crippen LogP contribution in [0.1, 0.15) is 42.6 Å². The van der Waals surface area contributed by atoms with Crippen molar-refractivity contribution in [1.29, 1.82) is 0 Å². The molecule has 1 aromatic heterocycles. The van der Waals surface area contributed by atoms with Gasteiger partial charge in [-0.2, -0.15) is 0 Å². The van der Waals surface area contributed by atoms with E-state index in [-0.39, 0.29) is 11.9 Å². The molecule has 1 N–H and O–H groups in total. The predicted octanol–water partition coefficient (Wildman–Crippen LogP) is 4.08. The summed E-state index contributed by atoms with van der Waals surface area (Å²) < 4.78 is 0. The van der Waals surface area contributed by atoms with Gasteiger partial charge in [0.15, 0.2) is 0 Å². The van der Waals surface area contributed by atoms with E-state index in [9.17, 15) is 9.59 Å². The fourth-order valence-corrected chi connectivity index (χ4v) is 3.84. The van der Waals surface area contributed by atoms with Gasteiger partial charge in [-0.15, -0.1) is 0 Å². The first kappa shape index (κ1) is 19.4. The number of pyridine rings is 1. The number of hydrogen-bond acceptors (Lipinski definition) is 3. The summed E-state index contributed by atoms with van der Waals surface area (Å²) >= 11 is 6.02. The molecule has 6 heteroatoms. The van der Waals surface area contributed by atoms with Gasteiger partial charge in [0.2, 0.25) is 6.41 Å². The van der Waals surface area contributed by atoms with Crippen LogP contribution >= 0.6 is 11.6 Å². The lowest BCUT2D eigenvalue weighted by molar-refractivity contribution is -0.107. The summed E-state index contributed by atoms with van der Waals surface area (Å²) in [5, 5.41) is 3.72. The van der Waals surface area contributed by atoms with E-state index < -0.39 is 0 Å². The summed E-state index contributed by atoms with van der Waals surface area (Å²) in [5.74, 6) is 0.365. The number of carbonyl (C=O) groups is 2. The molecule has 1 saturated carbocycles. The maximum atomic E-state index is 12.3. The molecule has 2 unspecified atom stereocenters. The molecule has 0 saturated heterocycles. The Morgan fingerprint density at radius 1 is 1.26 bits per heavy atom. The van der Waals surface area contributed by atoms with E-state index in [0.29, 0.717) is 23.2 Å². The van der Waals surface area contributed by atoms with Crippen molar-refractivity contribution >= 4 is 29.6 Å². The van der Waals surface area contributed by atoms with Crippen molar-refractivity contribution in [2.24, 2.45) is 5.92 Å². The van der Waals surface area contributed by atoms with E-state index in [1.165, 1.54) is 0 Å². The van der Waals surface area contributed by atoms with E-state index in [1.54, 1.807) is 35.4 Å². The Balaban J connectivity index is 1.52. The number of halogens is 1. The van der Waals surface area contributed by atoms with Crippen molar-refractivity contribution in [2.45, 2.75) is 38.1 Å². The average Bonchev–Trinajstić information content (AvgIpc) is 2.69. The molecule has 5 nitrogen and oxygen atoms in total.